The maximum absolute atomic E-state index is 5.58. The Morgan fingerprint density at radius 2 is 2.18 bits per heavy atom. The number of benzene rings is 1. The normalized spacial score (nSPS) is 10.3. The Morgan fingerprint density at radius 3 is 2.82 bits per heavy atom. The summed E-state index contributed by atoms with van der Waals surface area (Å²) in [6, 6.07) is 8.03. The highest BCUT2D eigenvalue weighted by Crippen LogP contribution is 2.21. The molecule has 0 aliphatic rings. The first-order chi connectivity index (χ1) is 8.24. The second-order valence-electron chi connectivity index (χ2n) is 3.80. The Kier molecular flexibility index (Phi) is 3.35. The second kappa shape index (κ2) is 4.93. The highest BCUT2D eigenvalue weighted by atomic mass is 16.5. The van der Waals surface area contributed by atoms with E-state index in [0.29, 0.717) is 18.2 Å². The minimum Gasteiger partial charge on any atom is -0.481 e. The van der Waals surface area contributed by atoms with Crippen LogP contribution >= 0.6 is 0 Å². The van der Waals surface area contributed by atoms with Gasteiger partial charge in [0.1, 0.15) is 0 Å². The lowest BCUT2D eigenvalue weighted by Crippen LogP contribution is -2.04. The Balaban J connectivity index is 2.46. The third-order valence-electron chi connectivity index (χ3n) is 2.51. The van der Waals surface area contributed by atoms with Gasteiger partial charge in [-0.1, -0.05) is 23.8 Å². The maximum Gasteiger partial charge on any atom is 0.221 e. The van der Waals surface area contributed by atoms with Crippen molar-refractivity contribution >= 4 is 0 Å². The van der Waals surface area contributed by atoms with E-state index in [-0.39, 0.29) is 0 Å². The van der Waals surface area contributed by atoms with E-state index in [1.807, 2.05) is 31.2 Å². The molecular formula is C13H15N3O. The monoisotopic (exact) mass is 229 g/mol. The first-order valence-corrected chi connectivity index (χ1v) is 5.41. The van der Waals surface area contributed by atoms with Crippen molar-refractivity contribution in [1.82, 2.24) is 9.97 Å². The molecule has 0 bridgehead atoms. The molecule has 0 atom stereocenters. The molecular weight excluding hydrogens is 214 g/mol. The summed E-state index contributed by atoms with van der Waals surface area (Å²) in [4.78, 5) is 8.66. The predicted octanol–water partition coefficient (Wildman–Crippen LogP) is 1.92. The summed E-state index contributed by atoms with van der Waals surface area (Å²) in [5.74, 6) is 1.20. The average molecular weight is 229 g/mol. The molecule has 0 unspecified atom stereocenters. The molecule has 0 fully saturated rings. The van der Waals surface area contributed by atoms with Crippen LogP contribution in [0.2, 0.25) is 0 Å². The van der Waals surface area contributed by atoms with Crippen molar-refractivity contribution in [2.75, 3.05) is 7.11 Å². The summed E-state index contributed by atoms with van der Waals surface area (Å²) in [5.41, 5.74) is 8.54. The Labute approximate surface area is 100 Å². The van der Waals surface area contributed by atoms with Gasteiger partial charge in [-0.15, -0.1) is 0 Å². The lowest BCUT2D eigenvalue weighted by atomic mass is 10.1. The van der Waals surface area contributed by atoms with E-state index in [1.165, 1.54) is 5.56 Å². The zero-order chi connectivity index (χ0) is 12.3. The largest absolute Gasteiger partial charge is 0.481 e. The van der Waals surface area contributed by atoms with Gasteiger partial charge in [0.15, 0.2) is 5.82 Å². The quantitative estimate of drug-likeness (QED) is 0.873. The van der Waals surface area contributed by atoms with Gasteiger partial charge in [0.2, 0.25) is 5.88 Å². The molecule has 1 aromatic heterocycles. The van der Waals surface area contributed by atoms with Crippen LogP contribution in [0.15, 0.2) is 30.5 Å². The molecule has 0 spiro atoms. The van der Waals surface area contributed by atoms with Crippen LogP contribution < -0.4 is 10.5 Å². The van der Waals surface area contributed by atoms with Gasteiger partial charge in [-0.3, -0.25) is 0 Å². The van der Waals surface area contributed by atoms with Gasteiger partial charge in [0.25, 0.3) is 0 Å². The van der Waals surface area contributed by atoms with Crippen molar-refractivity contribution in [3.63, 3.8) is 0 Å². The fourth-order valence-corrected chi connectivity index (χ4v) is 1.63. The molecule has 2 aromatic rings. The SMILES string of the molecule is COc1nc(-c2cccc(C)c2)ncc1CN. The molecule has 1 aromatic carbocycles. The van der Waals surface area contributed by atoms with Gasteiger partial charge in [-0.05, 0) is 13.0 Å². The van der Waals surface area contributed by atoms with Crippen LogP contribution in [0, 0.1) is 6.92 Å². The third kappa shape index (κ3) is 2.42. The first-order valence-electron chi connectivity index (χ1n) is 5.41. The molecule has 4 heteroatoms. The zero-order valence-corrected chi connectivity index (χ0v) is 9.97. The van der Waals surface area contributed by atoms with E-state index >= 15 is 0 Å². The molecule has 1 heterocycles. The van der Waals surface area contributed by atoms with Crippen LogP contribution in [0.5, 0.6) is 5.88 Å². The van der Waals surface area contributed by atoms with Gasteiger partial charge in [-0.25, -0.2) is 4.98 Å². The summed E-state index contributed by atoms with van der Waals surface area (Å²) < 4.78 is 5.20. The fourth-order valence-electron chi connectivity index (χ4n) is 1.63. The summed E-state index contributed by atoms with van der Waals surface area (Å²) >= 11 is 0. The number of aromatic nitrogens is 2. The second-order valence-corrected chi connectivity index (χ2v) is 3.80. The number of rotatable bonds is 3. The molecule has 2 N–H and O–H groups in total. The maximum atomic E-state index is 5.58. The minimum atomic E-state index is 0.372. The third-order valence-corrected chi connectivity index (χ3v) is 2.51. The van der Waals surface area contributed by atoms with E-state index in [2.05, 4.69) is 9.97 Å². The van der Waals surface area contributed by atoms with Crippen molar-refractivity contribution in [2.45, 2.75) is 13.5 Å². The molecule has 88 valence electrons. The molecule has 0 saturated carbocycles. The number of methoxy groups -OCH3 is 1. The molecule has 0 radical (unpaired) electrons. The summed E-state index contributed by atoms with van der Waals surface area (Å²) in [5, 5.41) is 0. The van der Waals surface area contributed by atoms with E-state index in [4.69, 9.17) is 10.5 Å². The Hall–Kier alpha value is -1.94. The van der Waals surface area contributed by atoms with Gasteiger partial charge in [-0.2, -0.15) is 4.98 Å². The molecule has 0 aliphatic heterocycles. The first kappa shape index (κ1) is 11.5. The molecule has 17 heavy (non-hydrogen) atoms. The van der Waals surface area contributed by atoms with Crippen LogP contribution in [0.1, 0.15) is 11.1 Å². The number of hydrogen-bond donors (Lipinski definition) is 1. The molecule has 0 aliphatic carbocycles. The topological polar surface area (TPSA) is 61.0 Å². The Morgan fingerprint density at radius 1 is 1.35 bits per heavy atom. The number of ether oxygens (including phenoxy) is 1. The highest BCUT2D eigenvalue weighted by Gasteiger charge is 2.07. The van der Waals surface area contributed by atoms with Crippen molar-refractivity contribution < 1.29 is 4.74 Å². The molecule has 4 nitrogen and oxygen atoms in total. The molecule has 0 amide bonds. The lowest BCUT2D eigenvalue weighted by Gasteiger charge is -2.07. The van der Waals surface area contributed by atoms with Gasteiger partial charge < -0.3 is 10.5 Å². The van der Waals surface area contributed by atoms with E-state index in [0.717, 1.165) is 11.1 Å². The average Bonchev–Trinajstić information content (AvgIpc) is 2.38. The standard InChI is InChI=1S/C13H15N3O/c1-9-4-3-5-10(6-9)12-15-8-11(7-14)13(16-12)17-2/h3-6,8H,7,14H2,1-2H3. The zero-order valence-electron chi connectivity index (χ0n) is 9.97. The van der Waals surface area contributed by atoms with E-state index in [9.17, 15) is 0 Å². The van der Waals surface area contributed by atoms with Crippen molar-refractivity contribution in [3.8, 4) is 17.3 Å². The number of hydrogen-bond acceptors (Lipinski definition) is 4. The minimum absolute atomic E-state index is 0.372. The highest BCUT2D eigenvalue weighted by molar-refractivity contribution is 5.56. The van der Waals surface area contributed by atoms with Crippen LogP contribution in [-0.4, -0.2) is 17.1 Å². The van der Waals surface area contributed by atoms with Crippen LogP contribution in [-0.2, 0) is 6.54 Å². The van der Waals surface area contributed by atoms with Crippen LogP contribution in [0.25, 0.3) is 11.4 Å². The van der Waals surface area contributed by atoms with Gasteiger partial charge in [0.05, 0.1) is 7.11 Å². The summed E-state index contributed by atoms with van der Waals surface area (Å²) in [7, 11) is 1.58. The predicted molar refractivity (Wildman–Crippen MR) is 66.6 cm³/mol. The Bertz CT molecular complexity index is 526. The number of nitrogens with two attached hydrogens (primary N) is 1. The number of nitrogens with zero attached hydrogens (tertiary/aromatic N) is 2. The van der Waals surface area contributed by atoms with Crippen molar-refractivity contribution in [2.24, 2.45) is 5.73 Å². The van der Waals surface area contributed by atoms with Crippen LogP contribution in [0.3, 0.4) is 0 Å². The number of aryl methyl sites for hydroxylation is 1. The summed E-state index contributed by atoms with van der Waals surface area (Å²) in [6.07, 6.45) is 1.71. The van der Waals surface area contributed by atoms with Crippen molar-refractivity contribution in [3.05, 3.63) is 41.6 Å². The summed E-state index contributed by atoms with van der Waals surface area (Å²) in [6.45, 7) is 2.41. The molecule has 0 saturated heterocycles. The van der Waals surface area contributed by atoms with E-state index in [1.54, 1.807) is 13.3 Å². The van der Waals surface area contributed by atoms with E-state index < -0.39 is 0 Å². The molecule has 2 rings (SSSR count). The van der Waals surface area contributed by atoms with Gasteiger partial charge >= 0.3 is 0 Å². The van der Waals surface area contributed by atoms with Crippen LogP contribution in [0.4, 0.5) is 0 Å². The van der Waals surface area contributed by atoms with Gasteiger partial charge in [0, 0.05) is 23.9 Å². The van der Waals surface area contributed by atoms with Crippen molar-refractivity contribution in [1.29, 1.82) is 0 Å². The lowest BCUT2D eigenvalue weighted by molar-refractivity contribution is 0.392. The fraction of sp³-hybridized carbons (Fsp3) is 0.231. The smallest absolute Gasteiger partial charge is 0.221 e.